The summed E-state index contributed by atoms with van der Waals surface area (Å²) >= 11 is 0. The van der Waals surface area contributed by atoms with E-state index in [9.17, 15) is 8.42 Å². The highest BCUT2D eigenvalue weighted by molar-refractivity contribution is 7.89. The van der Waals surface area contributed by atoms with Crippen molar-refractivity contribution in [2.24, 2.45) is 0 Å². The zero-order valence-corrected chi connectivity index (χ0v) is 12.0. The van der Waals surface area contributed by atoms with Crippen LogP contribution in [0, 0.1) is 6.92 Å². The van der Waals surface area contributed by atoms with Crippen molar-refractivity contribution in [2.45, 2.75) is 19.8 Å². The van der Waals surface area contributed by atoms with Crippen LogP contribution in [0.5, 0.6) is 0 Å². The topological polar surface area (TPSA) is 55.4 Å². The van der Waals surface area contributed by atoms with Gasteiger partial charge in [0.05, 0.1) is 12.4 Å². The predicted molar refractivity (Wildman–Crippen MR) is 73.3 cm³/mol. The van der Waals surface area contributed by atoms with Crippen molar-refractivity contribution in [3.8, 4) is 0 Å². The standard InChI is InChI=1S/C13H21NO3S/c1-11-5-4-6-13(9-11)12(2)10-14-18(15,16)8-7-17-3/h4-6,9,12,14H,7-8,10H2,1-3H3. The molecule has 0 spiro atoms. The van der Waals surface area contributed by atoms with Gasteiger partial charge in [-0.05, 0) is 18.4 Å². The predicted octanol–water partition coefficient (Wildman–Crippen LogP) is 1.66. The van der Waals surface area contributed by atoms with E-state index in [0.29, 0.717) is 6.54 Å². The van der Waals surface area contributed by atoms with Crippen LogP contribution in [0.1, 0.15) is 24.0 Å². The van der Waals surface area contributed by atoms with Crippen LogP contribution in [-0.4, -0.2) is 34.4 Å². The van der Waals surface area contributed by atoms with Crippen LogP contribution in [0.4, 0.5) is 0 Å². The van der Waals surface area contributed by atoms with Crippen molar-refractivity contribution < 1.29 is 13.2 Å². The van der Waals surface area contributed by atoms with Gasteiger partial charge in [0.25, 0.3) is 0 Å². The first-order chi connectivity index (χ1) is 8.44. The van der Waals surface area contributed by atoms with Crippen LogP contribution in [-0.2, 0) is 14.8 Å². The molecule has 0 saturated heterocycles. The maximum absolute atomic E-state index is 11.6. The van der Waals surface area contributed by atoms with Gasteiger partial charge >= 0.3 is 0 Å². The Balaban J connectivity index is 2.53. The smallest absolute Gasteiger partial charge is 0.213 e. The molecule has 0 fully saturated rings. The van der Waals surface area contributed by atoms with Crippen molar-refractivity contribution in [1.82, 2.24) is 4.72 Å². The van der Waals surface area contributed by atoms with Crippen LogP contribution in [0.2, 0.25) is 0 Å². The summed E-state index contributed by atoms with van der Waals surface area (Å²) in [7, 11) is -1.74. The van der Waals surface area contributed by atoms with Gasteiger partial charge < -0.3 is 4.74 Å². The minimum atomic E-state index is -3.23. The molecule has 0 bridgehead atoms. The van der Waals surface area contributed by atoms with E-state index < -0.39 is 10.0 Å². The van der Waals surface area contributed by atoms with E-state index in [1.165, 1.54) is 12.7 Å². The number of aryl methyl sites for hydroxylation is 1. The lowest BCUT2D eigenvalue weighted by atomic mass is 10.00. The van der Waals surface area contributed by atoms with Crippen molar-refractivity contribution >= 4 is 10.0 Å². The first-order valence-corrected chi connectivity index (χ1v) is 7.62. The largest absolute Gasteiger partial charge is 0.384 e. The second-order valence-electron chi connectivity index (χ2n) is 4.48. The molecule has 1 atom stereocenters. The highest BCUT2D eigenvalue weighted by Gasteiger charge is 2.12. The van der Waals surface area contributed by atoms with Gasteiger partial charge in [-0.1, -0.05) is 36.8 Å². The number of ether oxygens (including phenoxy) is 1. The number of hydrogen-bond donors (Lipinski definition) is 1. The van der Waals surface area contributed by atoms with Gasteiger partial charge in [0.15, 0.2) is 0 Å². The van der Waals surface area contributed by atoms with E-state index in [1.54, 1.807) is 0 Å². The molecule has 0 radical (unpaired) electrons. The lowest BCUT2D eigenvalue weighted by Crippen LogP contribution is -2.31. The highest BCUT2D eigenvalue weighted by atomic mass is 32.2. The third kappa shape index (κ3) is 5.16. The average Bonchev–Trinajstić information content (AvgIpc) is 2.34. The first kappa shape index (κ1) is 15.1. The molecular formula is C13H21NO3S. The summed E-state index contributed by atoms with van der Waals surface area (Å²) < 4.78 is 30.6. The molecule has 1 aromatic carbocycles. The SMILES string of the molecule is COCCS(=O)(=O)NCC(C)c1cccc(C)c1. The van der Waals surface area contributed by atoms with Crippen LogP contribution >= 0.6 is 0 Å². The normalized spacial score (nSPS) is 13.5. The average molecular weight is 271 g/mol. The molecule has 0 aliphatic rings. The number of methoxy groups -OCH3 is 1. The second kappa shape index (κ2) is 6.87. The van der Waals surface area contributed by atoms with Crippen LogP contribution in [0.25, 0.3) is 0 Å². The van der Waals surface area contributed by atoms with E-state index in [-0.39, 0.29) is 18.3 Å². The number of benzene rings is 1. The number of nitrogens with one attached hydrogen (secondary N) is 1. The van der Waals surface area contributed by atoms with Gasteiger partial charge in [-0.3, -0.25) is 0 Å². The fourth-order valence-electron chi connectivity index (χ4n) is 1.61. The molecule has 1 aromatic rings. The second-order valence-corrected chi connectivity index (χ2v) is 6.40. The van der Waals surface area contributed by atoms with Crippen molar-refractivity contribution in [3.63, 3.8) is 0 Å². The van der Waals surface area contributed by atoms with E-state index in [4.69, 9.17) is 4.74 Å². The number of hydrogen-bond acceptors (Lipinski definition) is 3. The van der Waals surface area contributed by atoms with E-state index in [2.05, 4.69) is 10.8 Å². The molecule has 0 aliphatic heterocycles. The Bertz CT molecular complexity index is 471. The minimum absolute atomic E-state index is 0.00401. The van der Waals surface area contributed by atoms with E-state index in [0.717, 1.165) is 5.56 Å². The van der Waals surface area contributed by atoms with Gasteiger partial charge in [0.2, 0.25) is 10.0 Å². The zero-order chi connectivity index (χ0) is 13.6. The quantitative estimate of drug-likeness (QED) is 0.820. The van der Waals surface area contributed by atoms with Gasteiger partial charge in [-0.25, -0.2) is 13.1 Å². The Morgan fingerprint density at radius 2 is 2.11 bits per heavy atom. The monoisotopic (exact) mass is 271 g/mol. The van der Waals surface area contributed by atoms with Gasteiger partial charge in [0.1, 0.15) is 0 Å². The minimum Gasteiger partial charge on any atom is -0.384 e. The molecule has 0 aliphatic carbocycles. The first-order valence-electron chi connectivity index (χ1n) is 5.97. The summed E-state index contributed by atoms with van der Waals surface area (Å²) in [5, 5.41) is 0. The third-order valence-corrected chi connectivity index (χ3v) is 4.09. The van der Waals surface area contributed by atoms with Crippen molar-refractivity contribution in [1.29, 1.82) is 0 Å². The molecule has 4 nitrogen and oxygen atoms in total. The Morgan fingerprint density at radius 1 is 1.39 bits per heavy atom. The molecule has 0 aromatic heterocycles. The van der Waals surface area contributed by atoms with Gasteiger partial charge in [0, 0.05) is 13.7 Å². The highest BCUT2D eigenvalue weighted by Crippen LogP contribution is 2.15. The molecule has 1 rings (SSSR count). The summed E-state index contributed by atoms with van der Waals surface area (Å²) in [6.45, 7) is 4.66. The van der Waals surface area contributed by atoms with Crippen molar-refractivity contribution in [3.05, 3.63) is 35.4 Å². The lowest BCUT2D eigenvalue weighted by molar-refractivity contribution is 0.217. The van der Waals surface area contributed by atoms with Crippen LogP contribution in [0.15, 0.2) is 24.3 Å². The number of rotatable bonds is 7. The fraction of sp³-hybridized carbons (Fsp3) is 0.538. The van der Waals surface area contributed by atoms with Gasteiger partial charge in [-0.15, -0.1) is 0 Å². The Labute approximate surface area is 109 Å². The number of sulfonamides is 1. The maximum Gasteiger partial charge on any atom is 0.213 e. The lowest BCUT2D eigenvalue weighted by Gasteiger charge is -2.13. The zero-order valence-electron chi connectivity index (χ0n) is 11.1. The van der Waals surface area contributed by atoms with E-state index in [1.807, 2.05) is 32.0 Å². The summed E-state index contributed by atoms with van der Waals surface area (Å²) in [4.78, 5) is 0. The molecular weight excluding hydrogens is 250 g/mol. The van der Waals surface area contributed by atoms with Crippen LogP contribution in [0.3, 0.4) is 0 Å². The molecule has 0 amide bonds. The molecule has 1 unspecified atom stereocenters. The van der Waals surface area contributed by atoms with Crippen molar-refractivity contribution in [2.75, 3.05) is 26.0 Å². The van der Waals surface area contributed by atoms with Crippen LogP contribution < -0.4 is 4.72 Å². The molecule has 0 heterocycles. The van der Waals surface area contributed by atoms with E-state index >= 15 is 0 Å². The maximum atomic E-state index is 11.6. The van der Waals surface area contributed by atoms with Gasteiger partial charge in [-0.2, -0.15) is 0 Å². The molecule has 5 heteroatoms. The summed E-state index contributed by atoms with van der Waals surface area (Å²) in [6.07, 6.45) is 0. The Kier molecular flexibility index (Phi) is 5.78. The Morgan fingerprint density at radius 3 is 2.72 bits per heavy atom. The fourth-order valence-corrected chi connectivity index (χ4v) is 2.65. The molecule has 102 valence electrons. The molecule has 1 N–H and O–H groups in total. The Hall–Kier alpha value is -0.910. The summed E-state index contributed by atoms with van der Waals surface area (Å²) in [6, 6.07) is 8.11. The summed E-state index contributed by atoms with van der Waals surface area (Å²) in [5.74, 6) is 0.159. The molecule has 18 heavy (non-hydrogen) atoms. The third-order valence-electron chi connectivity index (χ3n) is 2.78. The molecule has 0 saturated carbocycles. The summed E-state index contributed by atoms with van der Waals surface area (Å²) in [5.41, 5.74) is 2.33.